The summed E-state index contributed by atoms with van der Waals surface area (Å²) in [6.45, 7) is 5.08. The zero-order valence-corrected chi connectivity index (χ0v) is 16.5. The highest BCUT2D eigenvalue weighted by atomic mass is 127. The molecule has 0 fully saturated rings. The number of hydrogen-bond acceptors (Lipinski definition) is 4. The Kier molecular flexibility index (Phi) is 6.75. The molecule has 2 rings (SSSR count). The summed E-state index contributed by atoms with van der Waals surface area (Å²) >= 11 is 7.65. The van der Waals surface area contributed by atoms with Gasteiger partial charge in [0.05, 0.1) is 15.0 Å². The van der Waals surface area contributed by atoms with Crippen LogP contribution in [0, 0.1) is 3.57 Å². The van der Waals surface area contributed by atoms with Gasteiger partial charge < -0.3 is 5.32 Å². The summed E-state index contributed by atoms with van der Waals surface area (Å²) in [5.74, 6) is 2.60. The highest BCUT2D eigenvalue weighted by Gasteiger charge is 2.11. The fourth-order valence-corrected chi connectivity index (χ4v) is 4.07. The van der Waals surface area contributed by atoms with E-state index in [1.54, 1.807) is 11.8 Å². The Labute approximate surface area is 152 Å². The number of nitrogens with one attached hydrogen (secondary N) is 1. The lowest BCUT2D eigenvalue weighted by molar-refractivity contribution is 0.923. The second kappa shape index (κ2) is 8.33. The van der Waals surface area contributed by atoms with Gasteiger partial charge in [-0.25, -0.2) is 9.97 Å². The van der Waals surface area contributed by atoms with E-state index in [1.807, 2.05) is 12.1 Å². The third kappa shape index (κ3) is 4.56. The quantitative estimate of drug-likeness (QED) is 0.462. The predicted molar refractivity (Wildman–Crippen MR) is 102 cm³/mol. The molecule has 0 aliphatic rings. The molecule has 21 heavy (non-hydrogen) atoms. The number of aromatic nitrogens is 2. The van der Waals surface area contributed by atoms with Crippen LogP contribution in [0.15, 0.2) is 33.6 Å². The van der Waals surface area contributed by atoms with E-state index in [1.165, 1.54) is 4.90 Å². The second-order valence-electron chi connectivity index (χ2n) is 4.35. The van der Waals surface area contributed by atoms with Gasteiger partial charge in [0.25, 0.3) is 0 Å². The third-order valence-corrected chi connectivity index (χ3v) is 6.00. The standard InChI is InChI=1S/C15H17BrIN3S/c1-3-11-14(17)15(18-4-2)20-13(19-11)9-21-12-8-6-5-7-10(12)16/h5-8H,3-4,9H2,1-2H3,(H,18,19,20). The Morgan fingerprint density at radius 1 is 1.24 bits per heavy atom. The van der Waals surface area contributed by atoms with Crippen molar-refractivity contribution in [2.24, 2.45) is 0 Å². The molecule has 0 bridgehead atoms. The molecule has 0 saturated heterocycles. The maximum atomic E-state index is 4.68. The molecular formula is C15H17BrIN3S. The first-order chi connectivity index (χ1) is 10.2. The van der Waals surface area contributed by atoms with Gasteiger partial charge in [0.2, 0.25) is 0 Å². The summed E-state index contributed by atoms with van der Waals surface area (Å²) in [6, 6.07) is 8.23. The van der Waals surface area contributed by atoms with Crippen LogP contribution in [0.1, 0.15) is 25.4 Å². The van der Waals surface area contributed by atoms with E-state index < -0.39 is 0 Å². The molecule has 0 spiro atoms. The van der Waals surface area contributed by atoms with Crippen LogP contribution in [0.3, 0.4) is 0 Å². The summed E-state index contributed by atoms with van der Waals surface area (Å²) < 4.78 is 2.25. The molecule has 1 heterocycles. The second-order valence-corrected chi connectivity index (χ2v) is 7.30. The van der Waals surface area contributed by atoms with Gasteiger partial charge in [0.1, 0.15) is 11.6 Å². The van der Waals surface area contributed by atoms with Gasteiger partial charge in [0, 0.05) is 15.9 Å². The molecule has 112 valence electrons. The van der Waals surface area contributed by atoms with Crippen LogP contribution in [-0.2, 0) is 12.2 Å². The number of aryl methyl sites for hydroxylation is 1. The van der Waals surface area contributed by atoms with Crippen LogP contribution >= 0.6 is 50.3 Å². The first-order valence-electron chi connectivity index (χ1n) is 6.82. The van der Waals surface area contributed by atoms with Crippen molar-refractivity contribution >= 4 is 56.1 Å². The average molecular weight is 478 g/mol. The van der Waals surface area contributed by atoms with Crippen LogP contribution in [0.25, 0.3) is 0 Å². The van der Waals surface area contributed by atoms with Gasteiger partial charge in [-0.05, 0) is 64.0 Å². The molecule has 3 nitrogen and oxygen atoms in total. The molecule has 1 aromatic heterocycles. The Morgan fingerprint density at radius 2 is 2.00 bits per heavy atom. The van der Waals surface area contributed by atoms with E-state index in [0.717, 1.165) is 44.1 Å². The molecule has 0 aliphatic carbocycles. The Hall–Kier alpha value is -0.340. The third-order valence-electron chi connectivity index (χ3n) is 2.84. The number of nitrogens with zero attached hydrogens (tertiary/aromatic N) is 2. The first-order valence-corrected chi connectivity index (χ1v) is 9.67. The van der Waals surface area contributed by atoms with Crippen molar-refractivity contribution in [3.63, 3.8) is 0 Å². The molecule has 1 aromatic carbocycles. The van der Waals surface area contributed by atoms with Crippen LogP contribution < -0.4 is 5.32 Å². The van der Waals surface area contributed by atoms with E-state index in [4.69, 9.17) is 0 Å². The highest BCUT2D eigenvalue weighted by molar-refractivity contribution is 14.1. The average Bonchev–Trinajstić information content (AvgIpc) is 2.49. The van der Waals surface area contributed by atoms with E-state index in [0.29, 0.717) is 0 Å². The molecule has 0 saturated carbocycles. The summed E-state index contributed by atoms with van der Waals surface area (Å²) in [5.41, 5.74) is 1.12. The van der Waals surface area contributed by atoms with Crippen LogP contribution in [0.2, 0.25) is 0 Å². The van der Waals surface area contributed by atoms with Gasteiger partial charge in [0.15, 0.2) is 0 Å². The summed E-state index contributed by atoms with van der Waals surface area (Å²) in [5, 5.41) is 3.32. The van der Waals surface area contributed by atoms with Crippen molar-refractivity contribution in [3.8, 4) is 0 Å². The van der Waals surface area contributed by atoms with Gasteiger partial charge >= 0.3 is 0 Å². The maximum Gasteiger partial charge on any atom is 0.143 e. The van der Waals surface area contributed by atoms with Crippen molar-refractivity contribution in [2.75, 3.05) is 11.9 Å². The SMILES string of the molecule is CCNc1nc(CSc2ccccc2Br)nc(CC)c1I. The lowest BCUT2D eigenvalue weighted by Gasteiger charge is -2.11. The topological polar surface area (TPSA) is 37.8 Å². The lowest BCUT2D eigenvalue weighted by atomic mass is 10.3. The zero-order valence-electron chi connectivity index (χ0n) is 12.0. The van der Waals surface area contributed by atoms with E-state index >= 15 is 0 Å². The van der Waals surface area contributed by atoms with Gasteiger partial charge in [-0.3, -0.25) is 0 Å². The minimum atomic E-state index is 0.769. The number of rotatable bonds is 6. The fourth-order valence-electron chi connectivity index (χ4n) is 1.83. The highest BCUT2D eigenvalue weighted by Crippen LogP contribution is 2.30. The normalized spacial score (nSPS) is 10.7. The fraction of sp³-hybridized carbons (Fsp3) is 0.333. The van der Waals surface area contributed by atoms with Crippen molar-refractivity contribution in [1.82, 2.24) is 9.97 Å². The van der Waals surface area contributed by atoms with E-state index in [2.05, 4.69) is 79.8 Å². The minimum Gasteiger partial charge on any atom is -0.369 e. The van der Waals surface area contributed by atoms with Crippen molar-refractivity contribution in [3.05, 3.63) is 43.8 Å². The van der Waals surface area contributed by atoms with Gasteiger partial charge in [-0.1, -0.05) is 19.1 Å². The number of anilines is 1. The molecule has 0 amide bonds. The summed E-state index contributed by atoms with van der Waals surface area (Å²) in [6.07, 6.45) is 0.923. The molecular weight excluding hydrogens is 461 g/mol. The van der Waals surface area contributed by atoms with E-state index in [-0.39, 0.29) is 0 Å². The largest absolute Gasteiger partial charge is 0.369 e. The lowest BCUT2D eigenvalue weighted by Crippen LogP contribution is -2.09. The molecule has 1 N–H and O–H groups in total. The Bertz CT molecular complexity index is 622. The van der Waals surface area contributed by atoms with Crippen molar-refractivity contribution in [1.29, 1.82) is 0 Å². The molecule has 6 heteroatoms. The zero-order chi connectivity index (χ0) is 15.2. The van der Waals surface area contributed by atoms with Crippen LogP contribution in [0.4, 0.5) is 5.82 Å². The van der Waals surface area contributed by atoms with Gasteiger partial charge in [-0.15, -0.1) is 11.8 Å². The number of hydrogen-bond donors (Lipinski definition) is 1. The predicted octanol–water partition coefficient (Wildman–Crippen LogP) is 5.13. The molecule has 0 aliphatic heterocycles. The monoisotopic (exact) mass is 477 g/mol. The van der Waals surface area contributed by atoms with Crippen LogP contribution in [0.5, 0.6) is 0 Å². The van der Waals surface area contributed by atoms with Crippen LogP contribution in [-0.4, -0.2) is 16.5 Å². The number of thioether (sulfide) groups is 1. The smallest absolute Gasteiger partial charge is 0.143 e. The van der Waals surface area contributed by atoms with Gasteiger partial charge in [-0.2, -0.15) is 0 Å². The molecule has 0 radical (unpaired) electrons. The molecule has 0 atom stereocenters. The minimum absolute atomic E-state index is 0.769. The molecule has 0 unspecified atom stereocenters. The Morgan fingerprint density at radius 3 is 2.67 bits per heavy atom. The van der Waals surface area contributed by atoms with Crippen molar-refractivity contribution < 1.29 is 0 Å². The maximum absolute atomic E-state index is 4.68. The number of benzene rings is 1. The summed E-state index contributed by atoms with van der Waals surface area (Å²) in [7, 11) is 0. The first kappa shape index (κ1) is 17.0. The van der Waals surface area contributed by atoms with E-state index in [9.17, 15) is 0 Å². The number of halogens is 2. The molecule has 2 aromatic rings. The Balaban J connectivity index is 2.20. The summed E-state index contributed by atoms with van der Waals surface area (Å²) in [4.78, 5) is 10.5. The van der Waals surface area contributed by atoms with Crippen molar-refractivity contribution in [2.45, 2.75) is 30.9 Å².